The maximum atomic E-state index is 12.5. The summed E-state index contributed by atoms with van der Waals surface area (Å²) in [4.78, 5) is 15.2. The molecule has 0 aliphatic carbocycles. The summed E-state index contributed by atoms with van der Waals surface area (Å²) < 4.78 is 10.3. The lowest BCUT2D eigenvalue weighted by Gasteiger charge is -2.23. The normalized spacial score (nSPS) is 11.0. The predicted octanol–water partition coefficient (Wildman–Crippen LogP) is 3.15. The molecule has 1 amide bonds. The molecule has 0 saturated carbocycles. The van der Waals surface area contributed by atoms with Crippen molar-refractivity contribution in [1.82, 2.24) is 10.1 Å². The molecular formula is C15H20N2O3S. The zero-order valence-electron chi connectivity index (χ0n) is 12.5. The highest BCUT2D eigenvalue weighted by atomic mass is 32.1. The van der Waals surface area contributed by atoms with Crippen LogP contribution in [0.2, 0.25) is 0 Å². The van der Waals surface area contributed by atoms with E-state index in [0.717, 1.165) is 4.88 Å². The Kier molecular flexibility index (Phi) is 5.52. The zero-order valence-corrected chi connectivity index (χ0v) is 13.4. The summed E-state index contributed by atoms with van der Waals surface area (Å²) in [6.45, 7) is 5.88. The van der Waals surface area contributed by atoms with Crippen molar-refractivity contribution in [3.8, 4) is 10.6 Å². The van der Waals surface area contributed by atoms with E-state index in [0.29, 0.717) is 37.1 Å². The number of methoxy groups -OCH3 is 1. The average molecular weight is 308 g/mol. The molecule has 0 aliphatic heterocycles. The smallest absolute Gasteiger partial charge is 0.276 e. The molecule has 6 heteroatoms. The molecule has 0 unspecified atom stereocenters. The molecule has 0 fully saturated rings. The fourth-order valence-electron chi connectivity index (χ4n) is 1.99. The Morgan fingerprint density at radius 2 is 2.33 bits per heavy atom. The second-order valence-corrected chi connectivity index (χ2v) is 6.14. The van der Waals surface area contributed by atoms with Gasteiger partial charge in [-0.15, -0.1) is 11.3 Å². The third-order valence-electron chi connectivity index (χ3n) is 2.93. The van der Waals surface area contributed by atoms with Crippen molar-refractivity contribution in [3.63, 3.8) is 0 Å². The largest absolute Gasteiger partial charge is 0.383 e. The first-order valence-electron chi connectivity index (χ1n) is 6.90. The fourth-order valence-corrected chi connectivity index (χ4v) is 2.66. The van der Waals surface area contributed by atoms with E-state index >= 15 is 0 Å². The van der Waals surface area contributed by atoms with E-state index in [9.17, 15) is 4.79 Å². The van der Waals surface area contributed by atoms with Gasteiger partial charge in [0.15, 0.2) is 11.5 Å². The molecule has 0 saturated heterocycles. The summed E-state index contributed by atoms with van der Waals surface area (Å²) >= 11 is 1.56. The van der Waals surface area contributed by atoms with Gasteiger partial charge in [-0.05, 0) is 17.4 Å². The topological polar surface area (TPSA) is 55.6 Å². The average Bonchev–Trinajstić information content (AvgIpc) is 3.11. The zero-order chi connectivity index (χ0) is 15.2. The van der Waals surface area contributed by atoms with Gasteiger partial charge in [-0.25, -0.2) is 0 Å². The van der Waals surface area contributed by atoms with Crippen LogP contribution in [0.5, 0.6) is 0 Å². The van der Waals surface area contributed by atoms with Crippen molar-refractivity contribution in [1.29, 1.82) is 0 Å². The molecule has 0 radical (unpaired) electrons. The van der Waals surface area contributed by atoms with Gasteiger partial charge in [0.1, 0.15) is 0 Å². The van der Waals surface area contributed by atoms with Crippen molar-refractivity contribution in [2.24, 2.45) is 5.92 Å². The van der Waals surface area contributed by atoms with Crippen LogP contribution in [0.15, 0.2) is 28.1 Å². The van der Waals surface area contributed by atoms with Gasteiger partial charge < -0.3 is 14.2 Å². The lowest BCUT2D eigenvalue weighted by atomic mass is 10.2. The minimum absolute atomic E-state index is 0.118. The van der Waals surface area contributed by atoms with Crippen molar-refractivity contribution >= 4 is 17.2 Å². The highest BCUT2D eigenvalue weighted by Crippen LogP contribution is 2.25. The summed E-state index contributed by atoms with van der Waals surface area (Å²) in [5, 5.41) is 5.87. The lowest BCUT2D eigenvalue weighted by molar-refractivity contribution is 0.0662. The lowest BCUT2D eigenvalue weighted by Crippen LogP contribution is -2.36. The van der Waals surface area contributed by atoms with Gasteiger partial charge in [-0.3, -0.25) is 4.79 Å². The second-order valence-electron chi connectivity index (χ2n) is 5.19. The molecule has 0 aliphatic rings. The Morgan fingerprint density at radius 3 is 2.95 bits per heavy atom. The molecule has 2 heterocycles. The van der Waals surface area contributed by atoms with Crippen LogP contribution in [0, 0.1) is 5.92 Å². The van der Waals surface area contributed by atoms with Crippen LogP contribution in [-0.2, 0) is 4.74 Å². The summed E-state index contributed by atoms with van der Waals surface area (Å²) in [7, 11) is 1.63. The molecule has 0 spiro atoms. The summed E-state index contributed by atoms with van der Waals surface area (Å²) in [5.74, 6) is 0.895. The first kappa shape index (κ1) is 15.7. The van der Waals surface area contributed by atoms with Crippen LogP contribution in [0.25, 0.3) is 10.6 Å². The van der Waals surface area contributed by atoms with Gasteiger partial charge >= 0.3 is 0 Å². The molecule has 0 aromatic carbocycles. The van der Waals surface area contributed by atoms with Gasteiger partial charge in [0, 0.05) is 26.3 Å². The van der Waals surface area contributed by atoms with Gasteiger partial charge in [0.25, 0.3) is 5.91 Å². The molecule has 5 nitrogen and oxygen atoms in total. The highest BCUT2D eigenvalue weighted by Gasteiger charge is 2.21. The number of hydrogen-bond donors (Lipinski definition) is 0. The molecule has 0 bridgehead atoms. The van der Waals surface area contributed by atoms with Crippen molar-refractivity contribution in [3.05, 3.63) is 29.3 Å². The minimum Gasteiger partial charge on any atom is -0.383 e. The summed E-state index contributed by atoms with van der Waals surface area (Å²) in [5.41, 5.74) is 0.343. The van der Waals surface area contributed by atoms with E-state index in [1.807, 2.05) is 17.5 Å². The predicted molar refractivity (Wildman–Crippen MR) is 82.4 cm³/mol. The fraction of sp³-hybridized carbons (Fsp3) is 0.467. The van der Waals surface area contributed by atoms with E-state index in [1.165, 1.54) is 0 Å². The number of rotatable bonds is 7. The highest BCUT2D eigenvalue weighted by molar-refractivity contribution is 7.13. The SMILES string of the molecule is COCCN(CC(C)C)C(=O)c1cc(-c2cccs2)on1. The number of thiophene rings is 1. The number of amides is 1. The third kappa shape index (κ3) is 4.15. The molecular weight excluding hydrogens is 288 g/mol. The monoisotopic (exact) mass is 308 g/mol. The Morgan fingerprint density at radius 1 is 1.52 bits per heavy atom. The molecule has 0 atom stereocenters. The van der Waals surface area contributed by atoms with Gasteiger partial charge in [0.05, 0.1) is 11.5 Å². The number of ether oxygens (including phenoxy) is 1. The maximum absolute atomic E-state index is 12.5. The van der Waals surface area contributed by atoms with Crippen molar-refractivity contribution in [2.75, 3.05) is 26.8 Å². The number of aromatic nitrogens is 1. The Hall–Kier alpha value is -1.66. The number of carbonyl (C=O) groups is 1. The van der Waals surface area contributed by atoms with Crippen LogP contribution in [-0.4, -0.2) is 42.8 Å². The molecule has 2 rings (SSSR count). The Balaban J connectivity index is 2.12. The van der Waals surface area contributed by atoms with E-state index < -0.39 is 0 Å². The third-order valence-corrected chi connectivity index (χ3v) is 3.82. The van der Waals surface area contributed by atoms with Gasteiger partial charge in [0.2, 0.25) is 0 Å². The molecule has 0 N–H and O–H groups in total. The summed E-state index contributed by atoms with van der Waals surface area (Å²) in [6.07, 6.45) is 0. The number of carbonyl (C=O) groups excluding carboxylic acids is 1. The van der Waals surface area contributed by atoms with Crippen molar-refractivity contribution < 1.29 is 14.1 Å². The number of nitrogens with zero attached hydrogens (tertiary/aromatic N) is 2. The van der Waals surface area contributed by atoms with E-state index in [4.69, 9.17) is 9.26 Å². The molecule has 2 aromatic heterocycles. The Labute approximate surface area is 128 Å². The molecule has 114 valence electrons. The number of hydrogen-bond acceptors (Lipinski definition) is 5. The Bertz CT molecular complexity index is 563. The van der Waals surface area contributed by atoms with Crippen LogP contribution < -0.4 is 0 Å². The first-order valence-corrected chi connectivity index (χ1v) is 7.78. The van der Waals surface area contributed by atoms with Crippen LogP contribution in [0.1, 0.15) is 24.3 Å². The standard InChI is InChI=1S/C15H20N2O3S/c1-11(2)10-17(6-7-19-3)15(18)12-9-13(20-16-12)14-5-4-8-21-14/h4-5,8-9,11H,6-7,10H2,1-3H3. The van der Waals surface area contributed by atoms with Gasteiger partial charge in [-0.1, -0.05) is 25.1 Å². The van der Waals surface area contributed by atoms with Crippen LogP contribution in [0.3, 0.4) is 0 Å². The van der Waals surface area contributed by atoms with Gasteiger partial charge in [-0.2, -0.15) is 0 Å². The summed E-state index contributed by atoms with van der Waals surface area (Å²) in [6, 6.07) is 5.58. The minimum atomic E-state index is -0.118. The molecule has 21 heavy (non-hydrogen) atoms. The quantitative estimate of drug-likeness (QED) is 0.788. The van der Waals surface area contributed by atoms with Crippen LogP contribution >= 0.6 is 11.3 Å². The maximum Gasteiger partial charge on any atom is 0.276 e. The van der Waals surface area contributed by atoms with E-state index in [2.05, 4.69) is 19.0 Å². The van der Waals surface area contributed by atoms with E-state index in [1.54, 1.807) is 29.4 Å². The van der Waals surface area contributed by atoms with Crippen LogP contribution in [0.4, 0.5) is 0 Å². The molecule has 2 aromatic rings. The first-order chi connectivity index (χ1) is 10.1. The second kappa shape index (κ2) is 7.38. The van der Waals surface area contributed by atoms with E-state index in [-0.39, 0.29) is 5.91 Å². The van der Waals surface area contributed by atoms with Crippen molar-refractivity contribution in [2.45, 2.75) is 13.8 Å².